The van der Waals surface area contributed by atoms with Crippen LogP contribution in [0.4, 0.5) is 0 Å². The molecule has 0 aromatic carbocycles. The van der Waals surface area contributed by atoms with Crippen molar-refractivity contribution in [2.45, 2.75) is 64.9 Å². The molecule has 0 spiro atoms. The normalized spacial score (nSPS) is 12.0. The Kier molecular flexibility index (Phi) is 6.45. The average molecular weight is 172 g/mol. The Balaban J connectivity index is 3.19. The summed E-state index contributed by atoms with van der Waals surface area (Å²) < 4.78 is 5.34. The molecular weight excluding hydrogens is 148 g/mol. The first-order valence-electron chi connectivity index (χ1n) is 5.17. The van der Waals surface area contributed by atoms with Gasteiger partial charge in [0.2, 0.25) is 0 Å². The lowest BCUT2D eigenvalue weighted by Gasteiger charge is -2.22. The van der Waals surface area contributed by atoms with Gasteiger partial charge in [0.05, 0.1) is 5.60 Å². The third kappa shape index (κ3) is 6.66. The molecule has 0 bridgehead atoms. The molecule has 1 nitrogen and oxygen atoms in total. The van der Waals surface area contributed by atoms with Crippen LogP contribution in [0.2, 0.25) is 0 Å². The Hall–Kier alpha value is -0.0400. The van der Waals surface area contributed by atoms with Gasteiger partial charge in [0.25, 0.3) is 0 Å². The molecule has 0 N–H and O–H groups in total. The van der Waals surface area contributed by atoms with E-state index in [1.54, 1.807) is 7.11 Å². The van der Waals surface area contributed by atoms with Gasteiger partial charge in [0.1, 0.15) is 0 Å². The van der Waals surface area contributed by atoms with Crippen molar-refractivity contribution in [1.29, 1.82) is 0 Å². The Morgan fingerprint density at radius 3 is 2.08 bits per heavy atom. The predicted molar refractivity (Wildman–Crippen MR) is 54.5 cm³/mol. The highest BCUT2D eigenvalue weighted by Crippen LogP contribution is 2.17. The fourth-order valence-corrected chi connectivity index (χ4v) is 1.26. The molecule has 0 aliphatic carbocycles. The van der Waals surface area contributed by atoms with E-state index in [1.807, 2.05) is 0 Å². The maximum Gasteiger partial charge on any atom is 0.0622 e. The second-order valence-electron chi connectivity index (χ2n) is 4.13. The second-order valence-corrected chi connectivity index (χ2v) is 4.13. The molecule has 0 aliphatic rings. The molecule has 0 unspecified atom stereocenters. The van der Waals surface area contributed by atoms with Gasteiger partial charge in [-0.05, 0) is 20.3 Å². The maximum atomic E-state index is 5.34. The number of hydrogen-bond acceptors (Lipinski definition) is 1. The summed E-state index contributed by atoms with van der Waals surface area (Å²) in [6.07, 6.45) is 7.95. The first-order valence-corrected chi connectivity index (χ1v) is 5.17. The molecule has 1 heteroatoms. The number of methoxy groups -OCH3 is 1. The van der Waals surface area contributed by atoms with E-state index in [-0.39, 0.29) is 5.60 Å². The van der Waals surface area contributed by atoms with Gasteiger partial charge in [0.15, 0.2) is 0 Å². The van der Waals surface area contributed by atoms with Crippen LogP contribution in [-0.2, 0) is 4.74 Å². The molecule has 0 aromatic heterocycles. The van der Waals surface area contributed by atoms with Crippen molar-refractivity contribution in [2.75, 3.05) is 7.11 Å². The average Bonchev–Trinajstić information content (AvgIpc) is 2.04. The maximum absolute atomic E-state index is 5.34. The second kappa shape index (κ2) is 6.47. The van der Waals surface area contributed by atoms with Gasteiger partial charge in [0, 0.05) is 7.11 Å². The van der Waals surface area contributed by atoms with Gasteiger partial charge >= 0.3 is 0 Å². The van der Waals surface area contributed by atoms with Crippen molar-refractivity contribution in [2.24, 2.45) is 0 Å². The summed E-state index contributed by atoms with van der Waals surface area (Å²) in [5.41, 5.74) is 0.0895. The number of unbranched alkanes of at least 4 members (excludes halogenated alkanes) is 4. The van der Waals surface area contributed by atoms with E-state index in [1.165, 1.54) is 38.5 Å². The third-order valence-electron chi connectivity index (χ3n) is 2.43. The molecule has 0 saturated heterocycles. The van der Waals surface area contributed by atoms with E-state index in [0.717, 1.165) is 0 Å². The van der Waals surface area contributed by atoms with Crippen LogP contribution in [0.1, 0.15) is 59.3 Å². The van der Waals surface area contributed by atoms with Crippen molar-refractivity contribution in [3.63, 3.8) is 0 Å². The van der Waals surface area contributed by atoms with E-state index in [4.69, 9.17) is 4.74 Å². The molecule has 0 aromatic rings. The highest BCUT2D eigenvalue weighted by Gasteiger charge is 2.14. The number of rotatable bonds is 7. The minimum Gasteiger partial charge on any atom is -0.379 e. The minimum atomic E-state index is 0.0895. The van der Waals surface area contributed by atoms with E-state index in [9.17, 15) is 0 Å². The molecule has 12 heavy (non-hydrogen) atoms. The lowest BCUT2D eigenvalue weighted by molar-refractivity contribution is 0.0134. The van der Waals surface area contributed by atoms with Crippen molar-refractivity contribution < 1.29 is 4.74 Å². The van der Waals surface area contributed by atoms with Gasteiger partial charge in [-0.25, -0.2) is 0 Å². The SMILES string of the molecule is CCCCCCCC(C)(C)OC. The summed E-state index contributed by atoms with van der Waals surface area (Å²) in [4.78, 5) is 0. The van der Waals surface area contributed by atoms with E-state index < -0.39 is 0 Å². The third-order valence-corrected chi connectivity index (χ3v) is 2.43. The first-order chi connectivity index (χ1) is 5.62. The zero-order valence-corrected chi connectivity index (χ0v) is 9.15. The summed E-state index contributed by atoms with van der Waals surface area (Å²) >= 11 is 0. The van der Waals surface area contributed by atoms with Crippen molar-refractivity contribution in [3.8, 4) is 0 Å². The molecule has 0 saturated carbocycles. The van der Waals surface area contributed by atoms with E-state index >= 15 is 0 Å². The summed E-state index contributed by atoms with van der Waals surface area (Å²) in [5, 5.41) is 0. The van der Waals surface area contributed by atoms with Gasteiger partial charge in [-0.1, -0.05) is 39.0 Å². The minimum absolute atomic E-state index is 0.0895. The molecule has 0 atom stereocenters. The lowest BCUT2D eigenvalue weighted by atomic mass is 10.00. The van der Waals surface area contributed by atoms with E-state index in [2.05, 4.69) is 20.8 Å². The highest BCUT2D eigenvalue weighted by atomic mass is 16.5. The zero-order valence-electron chi connectivity index (χ0n) is 9.15. The summed E-state index contributed by atoms with van der Waals surface area (Å²) in [6.45, 7) is 6.57. The first kappa shape index (κ1) is 12.0. The van der Waals surface area contributed by atoms with Crippen LogP contribution >= 0.6 is 0 Å². The van der Waals surface area contributed by atoms with Crippen LogP contribution in [-0.4, -0.2) is 12.7 Å². The fourth-order valence-electron chi connectivity index (χ4n) is 1.26. The van der Waals surface area contributed by atoms with Gasteiger partial charge < -0.3 is 4.74 Å². The largest absolute Gasteiger partial charge is 0.379 e. The molecular formula is C11H24O. The Morgan fingerprint density at radius 2 is 1.58 bits per heavy atom. The molecule has 0 aliphatic heterocycles. The number of ether oxygens (including phenoxy) is 1. The Morgan fingerprint density at radius 1 is 1.00 bits per heavy atom. The van der Waals surface area contributed by atoms with Gasteiger partial charge in [-0.2, -0.15) is 0 Å². The quantitative estimate of drug-likeness (QED) is 0.531. The van der Waals surface area contributed by atoms with Crippen LogP contribution in [0.3, 0.4) is 0 Å². The standard InChI is InChI=1S/C11H24O/c1-5-6-7-8-9-10-11(2,3)12-4/h5-10H2,1-4H3. The fraction of sp³-hybridized carbons (Fsp3) is 1.00. The van der Waals surface area contributed by atoms with Crippen molar-refractivity contribution in [3.05, 3.63) is 0 Å². The monoisotopic (exact) mass is 172 g/mol. The van der Waals surface area contributed by atoms with Crippen LogP contribution in [0.25, 0.3) is 0 Å². The van der Waals surface area contributed by atoms with Crippen molar-refractivity contribution in [1.82, 2.24) is 0 Å². The molecule has 0 fully saturated rings. The van der Waals surface area contributed by atoms with Gasteiger partial charge in [-0.3, -0.25) is 0 Å². The summed E-state index contributed by atoms with van der Waals surface area (Å²) in [7, 11) is 1.80. The zero-order chi connectivity index (χ0) is 9.45. The van der Waals surface area contributed by atoms with Crippen LogP contribution in [0.5, 0.6) is 0 Å². The highest BCUT2D eigenvalue weighted by molar-refractivity contribution is 4.66. The smallest absolute Gasteiger partial charge is 0.0622 e. The predicted octanol–water partition coefficient (Wildman–Crippen LogP) is 3.77. The molecule has 0 radical (unpaired) electrons. The molecule has 74 valence electrons. The Bertz CT molecular complexity index is 97.2. The van der Waals surface area contributed by atoms with Crippen molar-refractivity contribution >= 4 is 0 Å². The molecule has 0 heterocycles. The van der Waals surface area contributed by atoms with Crippen LogP contribution in [0.15, 0.2) is 0 Å². The number of hydrogen-bond donors (Lipinski definition) is 0. The summed E-state index contributed by atoms with van der Waals surface area (Å²) in [6, 6.07) is 0. The van der Waals surface area contributed by atoms with Crippen LogP contribution < -0.4 is 0 Å². The van der Waals surface area contributed by atoms with Gasteiger partial charge in [-0.15, -0.1) is 0 Å². The van der Waals surface area contributed by atoms with E-state index in [0.29, 0.717) is 0 Å². The van der Waals surface area contributed by atoms with Crippen LogP contribution in [0, 0.1) is 0 Å². The lowest BCUT2D eigenvalue weighted by Crippen LogP contribution is -2.21. The summed E-state index contributed by atoms with van der Waals surface area (Å²) in [5.74, 6) is 0. The Labute approximate surface area is 77.5 Å². The molecule has 0 amide bonds. The molecule has 0 rings (SSSR count). The topological polar surface area (TPSA) is 9.23 Å².